The van der Waals surface area contributed by atoms with Gasteiger partial charge in [-0.1, -0.05) is 29.3 Å². The summed E-state index contributed by atoms with van der Waals surface area (Å²) in [5, 5.41) is 21.1. The minimum absolute atomic E-state index is 0.0944. The van der Waals surface area contributed by atoms with Crippen LogP contribution in [0.1, 0.15) is 23.7 Å². The van der Waals surface area contributed by atoms with Crippen LogP contribution < -0.4 is 5.32 Å². The number of amides is 1. The molecule has 0 saturated carbocycles. The van der Waals surface area contributed by atoms with Crippen LogP contribution in [0.3, 0.4) is 0 Å². The first-order chi connectivity index (χ1) is 8.73. The maximum Gasteiger partial charge on any atom is 0.306 e. The summed E-state index contributed by atoms with van der Waals surface area (Å²) >= 11 is 11.7. The number of rotatable bonds is 5. The van der Waals surface area contributed by atoms with Crippen molar-refractivity contribution in [2.24, 2.45) is 0 Å². The standard InChI is InChI=1S/C12H13Cl2NO4/c1-12(19,5-9(16)17)6-15-11(18)10-7(13)3-2-4-8(10)14/h2-4,19H,5-6H2,1H3,(H,15,18)(H,16,17). The summed E-state index contributed by atoms with van der Waals surface area (Å²) < 4.78 is 0. The second-order valence-corrected chi connectivity index (χ2v) is 5.16. The third-order valence-electron chi connectivity index (χ3n) is 2.35. The number of benzene rings is 1. The van der Waals surface area contributed by atoms with Crippen molar-refractivity contribution in [3.05, 3.63) is 33.8 Å². The first-order valence-electron chi connectivity index (χ1n) is 5.39. The van der Waals surface area contributed by atoms with Gasteiger partial charge in [-0.15, -0.1) is 0 Å². The van der Waals surface area contributed by atoms with Gasteiger partial charge < -0.3 is 15.5 Å². The Bertz CT molecular complexity index is 482. The van der Waals surface area contributed by atoms with E-state index in [1.807, 2.05) is 0 Å². The Morgan fingerprint density at radius 1 is 1.32 bits per heavy atom. The monoisotopic (exact) mass is 305 g/mol. The lowest BCUT2D eigenvalue weighted by Gasteiger charge is -2.21. The van der Waals surface area contributed by atoms with Crippen LogP contribution in [0.2, 0.25) is 10.0 Å². The van der Waals surface area contributed by atoms with E-state index in [2.05, 4.69) is 5.32 Å². The van der Waals surface area contributed by atoms with Crippen LogP contribution in [-0.4, -0.2) is 34.2 Å². The Morgan fingerprint density at radius 2 is 1.84 bits per heavy atom. The lowest BCUT2D eigenvalue weighted by molar-refractivity contribution is -0.141. The highest BCUT2D eigenvalue weighted by Gasteiger charge is 2.25. The van der Waals surface area contributed by atoms with E-state index in [1.54, 1.807) is 6.07 Å². The van der Waals surface area contributed by atoms with E-state index in [4.69, 9.17) is 28.3 Å². The fourth-order valence-electron chi connectivity index (χ4n) is 1.46. The minimum atomic E-state index is -1.55. The molecule has 1 amide bonds. The minimum Gasteiger partial charge on any atom is -0.481 e. The first-order valence-corrected chi connectivity index (χ1v) is 6.15. The van der Waals surface area contributed by atoms with Gasteiger partial charge in [-0.2, -0.15) is 0 Å². The number of halogens is 2. The number of hydrogen-bond acceptors (Lipinski definition) is 3. The maximum atomic E-state index is 11.9. The molecule has 0 radical (unpaired) electrons. The molecule has 1 aromatic rings. The van der Waals surface area contributed by atoms with E-state index in [1.165, 1.54) is 19.1 Å². The number of aliphatic hydroxyl groups is 1. The van der Waals surface area contributed by atoms with E-state index in [9.17, 15) is 14.7 Å². The number of carboxylic acid groups (broad SMARTS) is 1. The second kappa shape index (κ2) is 6.23. The Labute approximate surface area is 120 Å². The summed E-state index contributed by atoms with van der Waals surface area (Å²) in [5.74, 6) is -1.73. The highest BCUT2D eigenvalue weighted by Crippen LogP contribution is 2.24. The zero-order chi connectivity index (χ0) is 14.6. The van der Waals surface area contributed by atoms with Gasteiger partial charge in [-0.25, -0.2) is 0 Å². The molecule has 1 aromatic carbocycles. The Balaban J connectivity index is 2.73. The predicted molar refractivity (Wildman–Crippen MR) is 71.7 cm³/mol. The van der Waals surface area contributed by atoms with Crippen molar-refractivity contribution in [2.75, 3.05) is 6.54 Å². The van der Waals surface area contributed by atoms with E-state index >= 15 is 0 Å². The van der Waals surface area contributed by atoms with Gasteiger partial charge in [-0.3, -0.25) is 9.59 Å². The fourth-order valence-corrected chi connectivity index (χ4v) is 2.03. The summed E-state index contributed by atoms with van der Waals surface area (Å²) in [6.45, 7) is 1.09. The average molecular weight is 306 g/mol. The van der Waals surface area contributed by atoms with Crippen molar-refractivity contribution in [3.63, 3.8) is 0 Å². The highest BCUT2D eigenvalue weighted by atomic mass is 35.5. The molecule has 3 N–H and O–H groups in total. The lowest BCUT2D eigenvalue weighted by Crippen LogP contribution is -2.42. The predicted octanol–water partition coefficient (Wildman–Crippen LogP) is 1.95. The molecule has 0 aliphatic heterocycles. The molecule has 104 valence electrons. The van der Waals surface area contributed by atoms with Crippen LogP contribution in [0.4, 0.5) is 0 Å². The molecule has 0 saturated heterocycles. The summed E-state index contributed by atoms with van der Waals surface area (Å²) in [6, 6.07) is 4.62. The van der Waals surface area contributed by atoms with Crippen molar-refractivity contribution in [3.8, 4) is 0 Å². The van der Waals surface area contributed by atoms with Gasteiger partial charge in [0.25, 0.3) is 5.91 Å². The largest absolute Gasteiger partial charge is 0.481 e. The molecular formula is C12H13Cl2NO4. The van der Waals surface area contributed by atoms with Gasteiger partial charge in [0, 0.05) is 6.54 Å². The Morgan fingerprint density at radius 3 is 2.32 bits per heavy atom. The first kappa shape index (κ1) is 15.8. The van der Waals surface area contributed by atoms with Crippen molar-refractivity contribution in [2.45, 2.75) is 18.9 Å². The molecule has 5 nitrogen and oxygen atoms in total. The molecule has 7 heteroatoms. The molecule has 0 aliphatic rings. The van der Waals surface area contributed by atoms with Crippen LogP contribution in [-0.2, 0) is 4.79 Å². The number of nitrogens with one attached hydrogen (secondary N) is 1. The van der Waals surface area contributed by atoms with E-state index < -0.39 is 23.9 Å². The summed E-state index contributed by atoms with van der Waals surface area (Å²) in [7, 11) is 0. The van der Waals surface area contributed by atoms with E-state index in [0.29, 0.717) is 0 Å². The molecule has 0 spiro atoms. The smallest absolute Gasteiger partial charge is 0.306 e. The van der Waals surface area contributed by atoms with E-state index in [0.717, 1.165) is 0 Å². The SMILES string of the molecule is CC(O)(CNC(=O)c1c(Cl)cccc1Cl)CC(=O)O. The summed E-state index contributed by atoms with van der Waals surface area (Å²) in [4.78, 5) is 22.4. The van der Waals surface area contributed by atoms with Gasteiger partial charge >= 0.3 is 5.97 Å². The van der Waals surface area contributed by atoms with Crippen molar-refractivity contribution in [1.29, 1.82) is 0 Å². The van der Waals surface area contributed by atoms with Gasteiger partial charge in [0.1, 0.15) is 0 Å². The Hall–Kier alpha value is -1.30. The number of carbonyl (C=O) groups excluding carboxylic acids is 1. The number of carboxylic acids is 1. The van der Waals surface area contributed by atoms with Crippen molar-refractivity contribution in [1.82, 2.24) is 5.32 Å². The van der Waals surface area contributed by atoms with Crippen LogP contribution in [0.15, 0.2) is 18.2 Å². The number of aliphatic carboxylic acids is 1. The van der Waals surface area contributed by atoms with Crippen LogP contribution in [0, 0.1) is 0 Å². The van der Waals surface area contributed by atoms with Gasteiger partial charge in [0.2, 0.25) is 0 Å². The lowest BCUT2D eigenvalue weighted by atomic mass is 10.0. The highest BCUT2D eigenvalue weighted by molar-refractivity contribution is 6.39. The van der Waals surface area contributed by atoms with Crippen molar-refractivity contribution < 1.29 is 19.8 Å². The summed E-state index contributed by atoms with van der Waals surface area (Å²) in [5.41, 5.74) is -1.45. The molecule has 0 fully saturated rings. The quantitative estimate of drug-likeness (QED) is 0.776. The molecule has 0 bridgehead atoms. The average Bonchev–Trinajstić information content (AvgIpc) is 2.24. The molecule has 1 rings (SSSR count). The topological polar surface area (TPSA) is 86.6 Å². The molecule has 19 heavy (non-hydrogen) atoms. The summed E-state index contributed by atoms with van der Waals surface area (Å²) in [6.07, 6.45) is -0.483. The van der Waals surface area contributed by atoms with Gasteiger partial charge in [0.05, 0.1) is 27.6 Å². The van der Waals surface area contributed by atoms with Crippen LogP contribution in [0.25, 0.3) is 0 Å². The number of carbonyl (C=O) groups is 2. The second-order valence-electron chi connectivity index (χ2n) is 4.35. The molecule has 1 atom stereocenters. The molecule has 0 heterocycles. The third-order valence-corrected chi connectivity index (χ3v) is 2.98. The molecule has 1 unspecified atom stereocenters. The zero-order valence-corrected chi connectivity index (χ0v) is 11.6. The van der Waals surface area contributed by atoms with E-state index in [-0.39, 0.29) is 22.2 Å². The third kappa shape index (κ3) is 4.70. The fraction of sp³-hybridized carbons (Fsp3) is 0.333. The van der Waals surface area contributed by atoms with Gasteiger partial charge in [-0.05, 0) is 19.1 Å². The zero-order valence-electron chi connectivity index (χ0n) is 10.1. The molecule has 0 aromatic heterocycles. The van der Waals surface area contributed by atoms with Crippen LogP contribution >= 0.6 is 23.2 Å². The van der Waals surface area contributed by atoms with Crippen LogP contribution in [0.5, 0.6) is 0 Å². The van der Waals surface area contributed by atoms with Gasteiger partial charge in [0.15, 0.2) is 0 Å². The van der Waals surface area contributed by atoms with Crippen molar-refractivity contribution >= 4 is 35.1 Å². The normalized spacial score (nSPS) is 13.7. The maximum absolute atomic E-state index is 11.9. The molecular weight excluding hydrogens is 293 g/mol. The number of hydrogen-bond donors (Lipinski definition) is 3. The Kier molecular flexibility index (Phi) is 5.17. The molecule has 0 aliphatic carbocycles.